The zero-order valence-corrected chi connectivity index (χ0v) is 13.4. The number of carbonyl (C=O) groups excluding carboxylic acids is 1. The monoisotopic (exact) mass is 292 g/mol. The van der Waals surface area contributed by atoms with Crippen molar-refractivity contribution in [3.63, 3.8) is 0 Å². The fourth-order valence-corrected chi connectivity index (χ4v) is 3.11. The van der Waals surface area contributed by atoms with E-state index in [1.54, 1.807) is 11.8 Å². The third-order valence-electron chi connectivity index (χ3n) is 2.74. The van der Waals surface area contributed by atoms with Crippen molar-refractivity contribution in [2.24, 2.45) is 5.92 Å². The summed E-state index contributed by atoms with van der Waals surface area (Å²) in [7, 11) is 0. The van der Waals surface area contributed by atoms with Crippen LogP contribution in [0.1, 0.15) is 59.3 Å². The molecule has 2 nitrogen and oxygen atoms in total. The molecule has 0 aliphatic heterocycles. The number of ether oxygens (including phenoxy) is 1. The van der Waals surface area contributed by atoms with Gasteiger partial charge in [0.05, 0.1) is 13.3 Å². The molecule has 0 rings (SSSR count). The van der Waals surface area contributed by atoms with E-state index >= 15 is 0 Å². The van der Waals surface area contributed by atoms with Gasteiger partial charge in [0, 0.05) is 0 Å². The Bertz CT molecular complexity index is 222. The average Bonchev–Trinajstić information content (AvgIpc) is 2.38. The molecule has 114 valence electrons. The van der Waals surface area contributed by atoms with E-state index in [4.69, 9.17) is 4.74 Å². The molecule has 0 aliphatic carbocycles. The minimum Gasteiger partial charge on any atom is -0.465 e. The van der Waals surface area contributed by atoms with Gasteiger partial charge < -0.3 is 4.74 Å². The highest BCUT2D eigenvalue weighted by molar-refractivity contribution is 8.00. The smallest absolute Gasteiger partial charge is 0.319 e. The van der Waals surface area contributed by atoms with Crippen LogP contribution in [0.4, 0.5) is 4.39 Å². The summed E-state index contributed by atoms with van der Waals surface area (Å²) in [6, 6.07) is 0. The van der Waals surface area contributed by atoms with Gasteiger partial charge in [-0.25, -0.2) is 0 Å². The molecule has 0 radical (unpaired) electrons. The predicted molar refractivity (Wildman–Crippen MR) is 81.4 cm³/mol. The normalized spacial score (nSPS) is 12.7. The van der Waals surface area contributed by atoms with Gasteiger partial charge in [-0.05, 0) is 37.4 Å². The van der Waals surface area contributed by atoms with Crippen LogP contribution in [0.5, 0.6) is 0 Å². The maximum absolute atomic E-state index is 11.9. The summed E-state index contributed by atoms with van der Waals surface area (Å²) in [5.74, 6) is 1.40. The van der Waals surface area contributed by atoms with Crippen molar-refractivity contribution in [2.45, 2.75) is 64.5 Å². The van der Waals surface area contributed by atoms with Crippen molar-refractivity contribution < 1.29 is 13.9 Å². The van der Waals surface area contributed by atoms with Gasteiger partial charge in [0.2, 0.25) is 0 Å². The SMILES string of the molecule is CCCOC(=O)C(CC(C)C)SCCCCCCF. The Morgan fingerprint density at radius 1 is 1.21 bits per heavy atom. The van der Waals surface area contributed by atoms with Crippen molar-refractivity contribution >= 4 is 17.7 Å². The molecule has 0 N–H and O–H groups in total. The minimum atomic E-state index is -0.216. The summed E-state index contributed by atoms with van der Waals surface area (Å²) in [5, 5.41) is -0.0345. The van der Waals surface area contributed by atoms with Crippen LogP contribution in [0.2, 0.25) is 0 Å². The third-order valence-corrected chi connectivity index (χ3v) is 4.06. The van der Waals surface area contributed by atoms with Crippen molar-refractivity contribution in [3.8, 4) is 0 Å². The van der Waals surface area contributed by atoms with E-state index in [0.29, 0.717) is 18.9 Å². The Hall–Kier alpha value is -0.250. The first-order chi connectivity index (χ1) is 9.11. The Balaban J connectivity index is 3.88. The number of esters is 1. The molecule has 0 aromatic carbocycles. The lowest BCUT2D eigenvalue weighted by Gasteiger charge is -2.17. The quantitative estimate of drug-likeness (QED) is 0.388. The molecule has 0 aromatic heterocycles. The fourth-order valence-electron chi connectivity index (χ4n) is 1.73. The topological polar surface area (TPSA) is 26.3 Å². The molecule has 1 unspecified atom stereocenters. The standard InChI is InChI=1S/C15H29FO2S/c1-4-10-18-15(17)14(12-13(2)3)19-11-8-6-5-7-9-16/h13-14H,4-12H2,1-3H3. The zero-order valence-electron chi connectivity index (χ0n) is 12.6. The second-order valence-corrected chi connectivity index (χ2v) is 6.57. The van der Waals surface area contributed by atoms with Crippen LogP contribution in [0, 0.1) is 5.92 Å². The Labute approximate surface area is 121 Å². The van der Waals surface area contributed by atoms with Crippen LogP contribution in [-0.4, -0.2) is 30.3 Å². The van der Waals surface area contributed by atoms with Gasteiger partial charge in [0.15, 0.2) is 0 Å². The summed E-state index contributed by atoms with van der Waals surface area (Å²) in [4.78, 5) is 11.9. The molecule has 1 atom stereocenters. The first kappa shape index (κ1) is 18.8. The van der Waals surface area contributed by atoms with Crippen LogP contribution in [0.25, 0.3) is 0 Å². The molecular weight excluding hydrogens is 263 g/mol. The number of carbonyl (C=O) groups is 1. The molecule has 4 heteroatoms. The van der Waals surface area contributed by atoms with Crippen LogP contribution in [-0.2, 0) is 9.53 Å². The number of hydrogen-bond donors (Lipinski definition) is 0. The first-order valence-electron chi connectivity index (χ1n) is 7.46. The lowest BCUT2D eigenvalue weighted by atomic mass is 10.1. The summed E-state index contributed by atoms with van der Waals surface area (Å²) in [5.41, 5.74) is 0. The molecule has 0 bridgehead atoms. The van der Waals surface area contributed by atoms with E-state index < -0.39 is 0 Å². The Morgan fingerprint density at radius 3 is 2.47 bits per heavy atom. The molecule has 0 fully saturated rings. The highest BCUT2D eigenvalue weighted by Gasteiger charge is 2.21. The lowest BCUT2D eigenvalue weighted by Crippen LogP contribution is -2.23. The summed E-state index contributed by atoms with van der Waals surface area (Å²) >= 11 is 1.70. The van der Waals surface area contributed by atoms with Crippen LogP contribution < -0.4 is 0 Å². The Morgan fingerprint density at radius 2 is 1.89 bits per heavy atom. The summed E-state index contributed by atoms with van der Waals surface area (Å²) in [6.45, 7) is 6.56. The largest absolute Gasteiger partial charge is 0.465 e. The van der Waals surface area contributed by atoms with Crippen molar-refractivity contribution in [3.05, 3.63) is 0 Å². The van der Waals surface area contributed by atoms with Gasteiger partial charge in [0.25, 0.3) is 0 Å². The molecule has 0 aromatic rings. The molecular formula is C15H29FO2S. The second-order valence-electron chi connectivity index (χ2n) is 5.26. The third kappa shape index (κ3) is 11.3. The number of halogens is 1. The maximum Gasteiger partial charge on any atom is 0.319 e. The molecule has 0 amide bonds. The molecule has 0 aliphatic rings. The van der Waals surface area contributed by atoms with E-state index in [9.17, 15) is 9.18 Å². The van der Waals surface area contributed by atoms with E-state index in [-0.39, 0.29) is 17.9 Å². The predicted octanol–water partition coefficient (Wildman–Crippen LogP) is 4.62. The first-order valence-corrected chi connectivity index (χ1v) is 8.50. The number of rotatable bonds is 12. The van der Waals surface area contributed by atoms with Gasteiger partial charge in [-0.3, -0.25) is 9.18 Å². The molecule has 0 heterocycles. The van der Waals surface area contributed by atoms with Crippen molar-refractivity contribution in [1.29, 1.82) is 0 Å². The highest BCUT2D eigenvalue weighted by Crippen LogP contribution is 2.22. The highest BCUT2D eigenvalue weighted by atomic mass is 32.2. The van der Waals surface area contributed by atoms with Gasteiger partial charge in [0.1, 0.15) is 5.25 Å². The average molecular weight is 292 g/mol. The fraction of sp³-hybridized carbons (Fsp3) is 0.933. The van der Waals surface area contributed by atoms with E-state index in [1.807, 2.05) is 6.92 Å². The van der Waals surface area contributed by atoms with Crippen LogP contribution >= 0.6 is 11.8 Å². The number of hydrogen-bond acceptors (Lipinski definition) is 3. The van der Waals surface area contributed by atoms with Crippen LogP contribution in [0.15, 0.2) is 0 Å². The second kappa shape index (κ2) is 12.8. The summed E-state index contributed by atoms with van der Waals surface area (Å²) in [6.07, 6.45) is 5.46. The number of alkyl halides is 1. The number of unbranched alkanes of at least 4 members (excludes halogenated alkanes) is 3. The minimum absolute atomic E-state index is 0.0345. The molecule has 19 heavy (non-hydrogen) atoms. The Kier molecular flexibility index (Phi) is 12.6. The van der Waals surface area contributed by atoms with Gasteiger partial charge >= 0.3 is 5.97 Å². The summed E-state index contributed by atoms with van der Waals surface area (Å²) < 4.78 is 17.2. The maximum atomic E-state index is 11.9. The van der Waals surface area contributed by atoms with Gasteiger partial charge in [-0.15, -0.1) is 11.8 Å². The van der Waals surface area contributed by atoms with Gasteiger partial charge in [-0.2, -0.15) is 0 Å². The lowest BCUT2D eigenvalue weighted by molar-refractivity contribution is -0.143. The van der Waals surface area contributed by atoms with Crippen molar-refractivity contribution in [1.82, 2.24) is 0 Å². The molecule has 0 spiro atoms. The number of thioether (sulfide) groups is 1. The van der Waals surface area contributed by atoms with E-state index in [0.717, 1.165) is 37.9 Å². The van der Waals surface area contributed by atoms with Crippen LogP contribution in [0.3, 0.4) is 0 Å². The zero-order chi connectivity index (χ0) is 14.5. The molecule has 0 saturated heterocycles. The van der Waals surface area contributed by atoms with E-state index in [2.05, 4.69) is 13.8 Å². The van der Waals surface area contributed by atoms with Crippen molar-refractivity contribution in [2.75, 3.05) is 19.0 Å². The van der Waals surface area contributed by atoms with E-state index in [1.165, 1.54) is 0 Å². The van der Waals surface area contributed by atoms with Gasteiger partial charge in [-0.1, -0.05) is 33.6 Å². The molecule has 0 saturated carbocycles.